The number of carbonyl (C=O) groups excluding carboxylic acids is 1. The maximum atomic E-state index is 12.1. The third kappa shape index (κ3) is 4.39. The van der Waals surface area contributed by atoms with E-state index in [0.29, 0.717) is 11.3 Å². The minimum Gasteiger partial charge on any atom is -0.328 e. The second kappa shape index (κ2) is 7.40. The molecule has 0 atom stereocenters. The molecule has 4 nitrogen and oxygen atoms in total. The fraction of sp³-hybridized carbons (Fsp3) is 0.100. The fourth-order valence-corrected chi connectivity index (χ4v) is 3.19. The van der Waals surface area contributed by atoms with Crippen LogP contribution in [-0.4, -0.2) is 10.9 Å². The molecule has 0 fully saturated rings. The van der Waals surface area contributed by atoms with Crippen molar-refractivity contribution in [2.45, 2.75) is 23.6 Å². The summed E-state index contributed by atoms with van der Waals surface area (Å²) in [5, 5.41) is 2.82. The summed E-state index contributed by atoms with van der Waals surface area (Å²) in [5.41, 5.74) is 3.44. The molecule has 0 spiro atoms. The number of H-pyrrole nitrogens is 1. The van der Waals surface area contributed by atoms with Crippen molar-refractivity contribution in [2.75, 3.05) is 5.32 Å². The Morgan fingerprint density at radius 3 is 2.28 bits per heavy atom. The Morgan fingerprint density at radius 2 is 1.64 bits per heavy atom. The Hall–Kier alpha value is -2.79. The van der Waals surface area contributed by atoms with Gasteiger partial charge >= 0.3 is 0 Å². The lowest BCUT2D eigenvalue weighted by atomic mass is 10.1. The Balaban J connectivity index is 1.67. The molecule has 0 saturated carbocycles. The van der Waals surface area contributed by atoms with Gasteiger partial charge in [0.1, 0.15) is 0 Å². The zero-order chi connectivity index (χ0) is 17.8. The molecule has 3 rings (SSSR count). The Bertz CT molecular complexity index is 942. The third-order valence-electron chi connectivity index (χ3n) is 3.87. The first kappa shape index (κ1) is 17.0. The first-order valence-electron chi connectivity index (χ1n) is 7.86. The molecular formula is C20H18N2O2S. The van der Waals surface area contributed by atoms with Crippen molar-refractivity contribution < 1.29 is 4.79 Å². The quantitative estimate of drug-likeness (QED) is 0.733. The van der Waals surface area contributed by atoms with Crippen molar-refractivity contribution in [3.05, 3.63) is 87.8 Å². The predicted octanol–water partition coefficient (Wildman–Crippen LogP) is 4.40. The lowest BCUT2D eigenvalue weighted by Gasteiger charge is -2.08. The highest BCUT2D eigenvalue weighted by Crippen LogP contribution is 2.29. The molecule has 1 amide bonds. The van der Waals surface area contributed by atoms with Crippen molar-refractivity contribution >= 4 is 23.4 Å². The molecule has 0 radical (unpaired) electrons. The van der Waals surface area contributed by atoms with Crippen LogP contribution in [0.3, 0.4) is 0 Å². The van der Waals surface area contributed by atoms with Gasteiger partial charge < -0.3 is 10.3 Å². The van der Waals surface area contributed by atoms with E-state index >= 15 is 0 Å². The number of anilines is 1. The van der Waals surface area contributed by atoms with Gasteiger partial charge in [0.05, 0.1) is 5.56 Å². The normalized spacial score (nSPS) is 10.5. The largest absolute Gasteiger partial charge is 0.328 e. The van der Waals surface area contributed by atoms with Crippen LogP contribution in [0.15, 0.2) is 75.4 Å². The monoisotopic (exact) mass is 350 g/mol. The number of aryl methyl sites for hydroxylation is 2. The molecule has 25 heavy (non-hydrogen) atoms. The molecule has 2 N–H and O–H groups in total. The highest BCUT2D eigenvalue weighted by molar-refractivity contribution is 7.99. The summed E-state index contributed by atoms with van der Waals surface area (Å²) in [7, 11) is 0. The number of carbonyl (C=O) groups is 1. The molecule has 0 aliphatic heterocycles. The van der Waals surface area contributed by atoms with Gasteiger partial charge in [-0.05, 0) is 67.4 Å². The van der Waals surface area contributed by atoms with E-state index < -0.39 is 0 Å². The van der Waals surface area contributed by atoms with Gasteiger partial charge in [-0.1, -0.05) is 17.8 Å². The maximum absolute atomic E-state index is 12.1. The number of hydrogen-bond acceptors (Lipinski definition) is 3. The molecule has 0 bridgehead atoms. The molecule has 126 valence electrons. The van der Waals surface area contributed by atoms with Crippen LogP contribution in [0, 0.1) is 13.8 Å². The minimum atomic E-state index is -0.259. The smallest absolute Gasteiger partial charge is 0.257 e. The lowest BCUT2D eigenvalue weighted by molar-refractivity contribution is 0.102. The van der Waals surface area contributed by atoms with Crippen molar-refractivity contribution in [1.82, 2.24) is 4.98 Å². The molecule has 1 heterocycles. The Morgan fingerprint density at radius 1 is 0.920 bits per heavy atom. The Labute approximate surface area is 150 Å². The van der Waals surface area contributed by atoms with Gasteiger partial charge in [-0.15, -0.1) is 0 Å². The second-order valence-electron chi connectivity index (χ2n) is 5.77. The second-order valence-corrected chi connectivity index (χ2v) is 6.92. The van der Waals surface area contributed by atoms with E-state index in [1.54, 1.807) is 11.8 Å². The summed E-state index contributed by atoms with van der Waals surface area (Å²) in [6.45, 7) is 4.21. The summed E-state index contributed by atoms with van der Waals surface area (Å²) >= 11 is 1.68. The van der Waals surface area contributed by atoms with Crippen LogP contribution >= 0.6 is 11.8 Å². The fourth-order valence-electron chi connectivity index (χ4n) is 2.27. The van der Waals surface area contributed by atoms with E-state index in [1.807, 2.05) is 24.3 Å². The predicted molar refractivity (Wildman–Crippen MR) is 101 cm³/mol. The van der Waals surface area contributed by atoms with Crippen LogP contribution < -0.4 is 10.9 Å². The van der Waals surface area contributed by atoms with Crippen LogP contribution in [-0.2, 0) is 0 Å². The zero-order valence-electron chi connectivity index (χ0n) is 14.0. The molecule has 2 aromatic carbocycles. The number of aromatic nitrogens is 1. The van der Waals surface area contributed by atoms with E-state index in [2.05, 4.69) is 42.3 Å². The number of hydrogen-bond donors (Lipinski definition) is 2. The molecule has 0 unspecified atom stereocenters. The molecule has 5 heteroatoms. The van der Waals surface area contributed by atoms with Gasteiger partial charge in [0.25, 0.3) is 5.91 Å². The van der Waals surface area contributed by atoms with Crippen molar-refractivity contribution in [3.8, 4) is 0 Å². The number of aromatic amines is 1. The van der Waals surface area contributed by atoms with E-state index in [4.69, 9.17) is 0 Å². The zero-order valence-corrected chi connectivity index (χ0v) is 14.8. The first-order valence-corrected chi connectivity index (χ1v) is 8.68. The Kier molecular flexibility index (Phi) is 5.05. The van der Waals surface area contributed by atoms with Crippen LogP contribution in [0.1, 0.15) is 21.5 Å². The number of rotatable bonds is 4. The topological polar surface area (TPSA) is 62.0 Å². The summed E-state index contributed by atoms with van der Waals surface area (Å²) in [5.74, 6) is -0.259. The minimum absolute atomic E-state index is 0.232. The van der Waals surface area contributed by atoms with Gasteiger partial charge in [0.2, 0.25) is 5.56 Å². The van der Waals surface area contributed by atoms with Crippen LogP contribution in [0.2, 0.25) is 0 Å². The molecule has 0 saturated heterocycles. The van der Waals surface area contributed by atoms with Crippen LogP contribution in [0.25, 0.3) is 0 Å². The lowest BCUT2D eigenvalue weighted by Crippen LogP contribution is -2.14. The van der Waals surface area contributed by atoms with E-state index in [9.17, 15) is 9.59 Å². The molecule has 1 aromatic heterocycles. The third-order valence-corrected chi connectivity index (χ3v) is 4.87. The first-order chi connectivity index (χ1) is 12.0. The van der Waals surface area contributed by atoms with Crippen LogP contribution in [0.5, 0.6) is 0 Å². The van der Waals surface area contributed by atoms with E-state index in [0.717, 1.165) is 4.90 Å². The average molecular weight is 350 g/mol. The molecule has 0 aliphatic carbocycles. The van der Waals surface area contributed by atoms with Crippen LogP contribution in [0.4, 0.5) is 5.69 Å². The van der Waals surface area contributed by atoms with Crippen molar-refractivity contribution in [1.29, 1.82) is 0 Å². The van der Waals surface area contributed by atoms with Gasteiger partial charge in [0, 0.05) is 27.7 Å². The number of amides is 1. The summed E-state index contributed by atoms with van der Waals surface area (Å²) in [4.78, 5) is 28.0. The molecule has 3 aromatic rings. The summed E-state index contributed by atoms with van der Waals surface area (Å²) in [6, 6.07) is 16.9. The van der Waals surface area contributed by atoms with Gasteiger partial charge in [-0.25, -0.2) is 0 Å². The number of benzene rings is 2. The van der Waals surface area contributed by atoms with E-state index in [-0.39, 0.29) is 11.5 Å². The molecule has 0 aliphatic rings. The maximum Gasteiger partial charge on any atom is 0.257 e. The summed E-state index contributed by atoms with van der Waals surface area (Å²) < 4.78 is 0. The van der Waals surface area contributed by atoms with Gasteiger partial charge in [-0.2, -0.15) is 0 Å². The van der Waals surface area contributed by atoms with Crippen molar-refractivity contribution in [3.63, 3.8) is 0 Å². The summed E-state index contributed by atoms with van der Waals surface area (Å²) in [6.07, 6.45) is 1.40. The molecular weight excluding hydrogens is 332 g/mol. The van der Waals surface area contributed by atoms with Gasteiger partial charge in [-0.3, -0.25) is 9.59 Å². The van der Waals surface area contributed by atoms with Gasteiger partial charge in [0.15, 0.2) is 0 Å². The standard InChI is InChI=1S/C20H18N2O2S/c1-13-3-7-18(11-14(13)2)25-17-8-5-16(6-9-17)22-20(24)15-4-10-19(23)21-12-15/h3-12H,1-2H3,(H,21,23)(H,22,24). The highest BCUT2D eigenvalue weighted by atomic mass is 32.2. The number of nitrogens with one attached hydrogen (secondary N) is 2. The number of pyridine rings is 1. The van der Waals surface area contributed by atoms with E-state index in [1.165, 1.54) is 34.4 Å². The van der Waals surface area contributed by atoms with Crippen molar-refractivity contribution in [2.24, 2.45) is 0 Å². The SMILES string of the molecule is Cc1ccc(Sc2ccc(NC(=O)c3ccc(=O)[nH]c3)cc2)cc1C. The average Bonchev–Trinajstić information content (AvgIpc) is 2.60. The highest BCUT2D eigenvalue weighted by Gasteiger charge is 2.06.